The van der Waals surface area contributed by atoms with Gasteiger partial charge in [0.15, 0.2) is 0 Å². The lowest BCUT2D eigenvalue weighted by molar-refractivity contribution is 0.253. The molecule has 168 valence electrons. The fourth-order valence-electron chi connectivity index (χ4n) is 5.27. The van der Waals surface area contributed by atoms with E-state index in [0.29, 0.717) is 11.3 Å². The van der Waals surface area contributed by atoms with Crippen molar-refractivity contribution >= 4 is 5.95 Å². The molecule has 2 aromatic rings. The highest BCUT2D eigenvalue weighted by Crippen LogP contribution is 2.43. The third-order valence-corrected chi connectivity index (χ3v) is 7.44. The van der Waals surface area contributed by atoms with Crippen LogP contribution < -0.4 is 4.90 Å². The highest BCUT2D eigenvalue weighted by molar-refractivity contribution is 5.33. The van der Waals surface area contributed by atoms with Crippen LogP contribution in [0.5, 0.6) is 0 Å². The monoisotopic (exact) mass is 421 g/mol. The Kier molecular flexibility index (Phi) is 7.19. The molecule has 0 bridgehead atoms. The van der Waals surface area contributed by atoms with Crippen LogP contribution in [-0.4, -0.2) is 33.0 Å². The van der Waals surface area contributed by atoms with Gasteiger partial charge in [0.2, 0.25) is 5.95 Å². The molecule has 1 aliphatic heterocycles. The molecule has 1 saturated heterocycles. The van der Waals surface area contributed by atoms with Crippen LogP contribution in [0, 0.1) is 12.3 Å². The summed E-state index contributed by atoms with van der Waals surface area (Å²) >= 11 is 0. The van der Waals surface area contributed by atoms with Crippen molar-refractivity contribution in [1.82, 2.24) is 19.9 Å². The predicted octanol–water partition coefficient (Wildman–Crippen LogP) is 5.81. The molecular formula is C26H39N5. The molecule has 31 heavy (non-hydrogen) atoms. The molecule has 1 saturated carbocycles. The fourth-order valence-corrected chi connectivity index (χ4v) is 5.27. The minimum atomic E-state index is 0.399. The summed E-state index contributed by atoms with van der Waals surface area (Å²) in [6.07, 6.45) is 17.5. The topological polar surface area (TPSA) is 54.8 Å². The number of aryl methyl sites for hydroxylation is 3. The van der Waals surface area contributed by atoms with Gasteiger partial charge in [0.1, 0.15) is 5.82 Å². The third kappa shape index (κ3) is 5.81. The molecule has 2 atom stereocenters. The van der Waals surface area contributed by atoms with Crippen LogP contribution in [0.3, 0.4) is 0 Å². The Morgan fingerprint density at radius 2 is 1.77 bits per heavy atom. The lowest BCUT2D eigenvalue weighted by Crippen LogP contribution is -2.31. The molecule has 0 amide bonds. The maximum atomic E-state index is 5.08. The SMILES string of the molecule is CCc1ncc(CCC2(C)CCCC(c3cc(C)nc(N4CCCCC4)n3)CC2)cn1. The van der Waals surface area contributed by atoms with Crippen LogP contribution >= 0.6 is 0 Å². The predicted molar refractivity (Wildman–Crippen MR) is 126 cm³/mol. The Hall–Kier alpha value is -2.04. The number of hydrogen-bond acceptors (Lipinski definition) is 5. The molecule has 0 radical (unpaired) electrons. The van der Waals surface area contributed by atoms with Crippen molar-refractivity contribution in [3.8, 4) is 0 Å². The van der Waals surface area contributed by atoms with Crippen LogP contribution in [0.25, 0.3) is 0 Å². The fraction of sp³-hybridized carbons (Fsp3) is 0.692. The number of nitrogens with zero attached hydrogens (tertiary/aromatic N) is 5. The first-order chi connectivity index (χ1) is 15.0. The van der Waals surface area contributed by atoms with Crippen LogP contribution in [0.4, 0.5) is 5.95 Å². The molecule has 2 aromatic heterocycles. The van der Waals surface area contributed by atoms with E-state index in [1.807, 2.05) is 12.4 Å². The Morgan fingerprint density at radius 3 is 2.52 bits per heavy atom. The summed E-state index contributed by atoms with van der Waals surface area (Å²) in [6, 6.07) is 2.24. The molecule has 2 unspecified atom stereocenters. The highest BCUT2D eigenvalue weighted by Gasteiger charge is 2.30. The molecule has 2 aliphatic rings. The first-order valence-corrected chi connectivity index (χ1v) is 12.4. The normalized spacial score (nSPS) is 24.7. The molecule has 0 spiro atoms. The van der Waals surface area contributed by atoms with Crippen molar-refractivity contribution in [3.63, 3.8) is 0 Å². The van der Waals surface area contributed by atoms with Crippen LogP contribution in [0.2, 0.25) is 0 Å². The maximum absolute atomic E-state index is 5.08. The molecule has 0 aromatic carbocycles. The molecule has 3 heterocycles. The molecule has 5 nitrogen and oxygen atoms in total. The Bertz CT molecular complexity index is 843. The van der Waals surface area contributed by atoms with E-state index in [-0.39, 0.29) is 0 Å². The minimum Gasteiger partial charge on any atom is -0.341 e. The van der Waals surface area contributed by atoms with Gasteiger partial charge in [-0.2, -0.15) is 0 Å². The third-order valence-electron chi connectivity index (χ3n) is 7.44. The second kappa shape index (κ2) is 10.1. The van der Waals surface area contributed by atoms with Crippen LogP contribution in [0.15, 0.2) is 18.5 Å². The average molecular weight is 422 g/mol. The van der Waals surface area contributed by atoms with E-state index in [4.69, 9.17) is 9.97 Å². The van der Waals surface area contributed by atoms with Crippen molar-refractivity contribution < 1.29 is 0 Å². The molecule has 5 heteroatoms. The van der Waals surface area contributed by atoms with Gasteiger partial charge in [-0.15, -0.1) is 0 Å². The molecule has 1 aliphatic carbocycles. The number of anilines is 1. The second-order valence-electron chi connectivity index (χ2n) is 10.1. The zero-order valence-corrected chi connectivity index (χ0v) is 19.7. The summed E-state index contributed by atoms with van der Waals surface area (Å²) in [6.45, 7) is 8.93. The summed E-state index contributed by atoms with van der Waals surface area (Å²) in [5.41, 5.74) is 4.07. The summed E-state index contributed by atoms with van der Waals surface area (Å²) in [7, 11) is 0. The zero-order chi connectivity index (χ0) is 21.7. The Labute approximate surface area is 188 Å². The van der Waals surface area contributed by atoms with Crippen molar-refractivity contribution in [2.24, 2.45) is 5.41 Å². The van der Waals surface area contributed by atoms with Gasteiger partial charge in [0.05, 0.1) is 0 Å². The van der Waals surface area contributed by atoms with Gasteiger partial charge in [-0.3, -0.25) is 0 Å². The number of aromatic nitrogens is 4. The number of piperidine rings is 1. The maximum Gasteiger partial charge on any atom is 0.225 e. The number of rotatable bonds is 6. The lowest BCUT2D eigenvalue weighted by atomic mass is 9.77. The van der Waals surface area contributed by atoms with Gasteiger partial charge in [-0.05, 0) is 81.8 Å². The Balaban J connectivity index is 1.39. The van der Waals surface area contributed by atoms with Crippen LogP contribution in [0.1, 0.15) is 100 Å². The standard InChI is InChI=1S/C26H39N5/c1-4-24-27-18-21(19-28-24)10-13-26(3)12-8-9-22(11-14-26)23-17-20(2)29-25(30-23)31-15-6-5-7-16-31/h17-19,22H,4-16H2,1-3H3. The van der Waals surface area contributed by atoms with Crippen molar-refractivity contribution in [2.45, 2.75) is 97.3 Å². The molecular weight excluding hydrogens is 382 g/mol. The van der Waals surface area contributed by atoms with Gasteiger partial charge < -0.3 is 4.90 Å². The van der Waals surface area contributed by atoms with E-state index in [9.17, 15) is 0 Å². The highest BCUT2D eigenvalue weighted by atomic mass is 15.3. The van der Waals surface area contributed by atoms with E-state index in [1.165, 1.54) is 69.0 Å². The van der Waals surface area contributed by atoms with Crippen molar-refractivity contribution in [1.29, 1.82) is 0 Å². The van der Waals surface area contributed by atoms with Gasteiger partial charge in [-0.25, -0.2) is 19.9 Å². The quantitative estimate of drug-likeness (QED) is 0.551. The van der Waals surface area contributed by atoms with Crippen LogP contribution in [-0.2, 0) is 12.8 Å². The zero-order valence-electron chi connectivity index (χ0n) is 19.7. The van der Waals surface area contributed by atoms with Gasteiger partial charge in [0, 0.05) is 49.2 Å². The average Bonchev–Trinajstić information content (AvgIpc) is 3.00. The molecule has 0 N–H and O–H groups in total. The second-order valence-corrected chi connectivity index (χ2v) is 10.1. The largest absolute Gasteiger partial charge is 0.341 e. The summed E-state index contributed by atoms with van der Waals surface area (Å²) in [5, 5.41) is 0. The van der Waals surface area contributed by atoms with Crippen molar-refractivity contribution in [2.75, 3.05) is 18.0 Å². The minimum absolute atomic E-state index is 0.399. The molecule has 4 rings (SSSR count). The van der Waals surface area contributed by atoms with E-state index in [2.05, 4.69) is 41.7 Å². The summed E-state index contributed by atoms with van der Waals surface area (Å²) < 4.78 is 0. The Morgan fingerprint density at radius 1 is 1.00 bits per heavy atom. The first-order valence-electron chi connectivity index (χ1n) is 12.4. The summed E-state index contributed by atoms with van der Waals surface area (Å²) in [4.78, 5) is 21.2. The lowest BCUT2D eigenvalue weighted by Gasteiger charge is -2.29. The van der Waals surface area contributed by atoms with E-state index in [1.54, 1.807) is 0 Å². The van der Waals surface area contributed by atoms with Gasteiger partial charge >= 0.3 is 0 Å². The van der Waals surface area contributed by atoms with E-state index >= 15 is 0 Å². The first kappa shape index (κ1) is 22.2. The van der Waals surface area contributed by atoms with Gasteiger partial charge in [0.25, 0.3) is 0 Å². The number of hydrogen-bond donors (Lipinski definition) is 0. The van der Waals surface area contributed by atoms with Gasteiger partial charge in [-0.1, -0.05) is 20.3 Å². The van der Waals surface area contributed by atoms with E-state index in [0.717, 1.165) is 43.4 Å². The molecule has 2 fully saturated rings. The summed E-state index contributed by atoms with van der Waals surface area (Å²) in [5.74, 6) is 2.48. The smallest absolute Gasteiger partial charge is 0.225 e. The van der Waals surface area contributed by atoms with Crippen molar-refractivity contribution in [3.05, 3.63) is 41.2 Å². The van der Waals surface area contributed by atoms with E-state index < -0.39 is 0 Å².